The largest absolute Gasteiger partial charge is 0.400 e. The lowest BCUT2D eigenvalue weighted by Gasteiger charge is -2.46. The van der Waals surface area contributed by atoms with E-state index in [1.54, 1.807) is 13.3 Å². The van der Waals surface area contributed by atoms with E-state index < -0.39 is 0 Å². The molecule has 0 atom stereocenters. The highest BCUT2D eigenvalue weighted by Crippen LogP contribution is 2.41. The third kappa shape index (κ3) is 2.64. The second kappa shape index (κ2) is 5.47. The van der Waals surface area contributed by atoms with Gasteiger partial charge in [-0.2, -0.15) is 0 Å². The van der Waals surface area contributed by atoms with Crippen LogP contribution in [0.2, 0.25) is 0 Å². The van der Waals surface area contributed by atoms with Crippen molar-refractivity contribution in [2.45, 2.75) is 31.2 Å². The summed E-state index contributed by atoms with van der Waals surface area (Å²) in [5, 5.41) is 2.32. The van der Waals surface area contributed by atoms with E-state index in [-0.39, 0.29) is 11.7 Å². The van der Waals surface area contributed by atoms with Crippen LogP contribution in [0.15, 0.2) is 48.9 Å². The van der Waals surface area contributed by atoms with Crippen LogP contribution in [0.4, 0.5) is 0 Å². The van der Waals surface area contributed by atoms with Gasteiger partial charge in [-0.1, -0.05) is 18.7 Å². The molecule has 1 aromatic heterocycles. The van der Waals surface area contributed by atoms with Gasteiger partial charge < -0.3 is 15.2 Å². The maximum atomic E-state index is 5.93. The summed E-state index contributed by atoms with van der Waals surface area (Å²) in [4.78, 5) is 4.12. The van der Waals surface area contributed by atoms with Crippen LogP contribution in [0.1, 0.15) is 18.4 Å². The molecule has 2 aromatic rings. The molecule has 2 N–H and O–H groups in total. The number of aromatic nitrogens is 1. The quantitative estimate of drug-likeness (QED) is 0.917. The summed E-state index contributed by atoms with van der Waals surface area (Å²) in [6, 6.07) is 8.30. The van der Waals surface area contributed by atoms with E-state index in [9.17, 15) is 0 Å². The zero-order valence-electron chi connectivity index (χ0n) is 12.2. The molecule has 1 heterocycles. The standard InChI is InChI=1S/C17H20N2O2/c1-12(18)17(20-2)8-16(9-17)21-11-13-3-4-15-10-19-6-5-14(15)7-13/h3-7,10,16H,1,8-9,11,18H2,2H3. The van der Waals surface area contributed by atoms with Crippen LogP contribution in [0.3, 0.4) is 0 Å². The number of benzene rings is 1. The fourth-order valence-electron chi connectivity index (χ4n) is 2.79. The van der Waals surface area contributed by atoms with Crippen molar-refractivity contribution in [3.63, 3.8) is 0 Å². The number of nitrogens with two attached hydrogens (primary N) is 1. The Hall–Kier alpha value is -1.91. The van der Waals surface area contributed by atoms with Gasteiger partial charge >= 0.3 is 0 Å². The van der Waals surface area contributed by atoms with E-state index in [2.05, 4.69) is 29.8 Å². The van der Waals surface area contributed by atoms with Crippen LogP contribution in [-0.4, -0.2) is 23.8 Å². The first kappa shape index (κ1) is 14.0. The number of pyridine rings is 1. The first-order chi connectivity index (χ1) is 10.1. The van der Waals surface area contributed by atoms with Crippen molar-refractivity contribution in [1.82, 2.24) is 4.98 Å². The molecule has 0 unspecified atom stereocenters. The summed E-state index contributed by atoms with van der Waals surface area (Å²) in [7, 11) is 1.67. The summed E-state index contributed by atoms with van der Waals surface area (Å²) in [5.41, 5.74) is 7.15. The number of hydrogen-bond acceptors (Lipinski definition) is 4. The van der Waals surface area contributed by atoms with E-state index in [4.69, 9.17) is 15.2 Å². The fraction of sp³-hybridized carbons (Fsp3) is 0.353. The Bertz CT molecular complexity index is 663. The van der Waals surface area contributed by atoms with Crippen molar-refractivity contribution < 1.29 is 9.47 Å². The van der Waals surface area contributed by atoms with Gasteiger partial charge in [0.1, 0.15) is 5.60 Å². The van der Waals surface area contributed by atoms with Crippen LogP contribution in [0, 0.1) is 0 Å². The Morgan fingerprint density at radius 3 is 2.90 bits per heavy atom. The number of rotatable bonds is 5. The van der Waals surface area contributed by atoms with Crippen molar-refractivity contribution in [2.75, 3.05) is 7.11 Å². The van der Waals surface area contributed by atoms with E-state index in [1.165, 1.54) is 5.39 Å². The Balaban J connectivity index is 1.59. The van der Waals surface area contributed by atoms with Crippen LogP contribution in [-0.2, 0) is 16.1 Å². The summed E-state index contributed by atoms with van der Waals surface area (Å²) >= 11 is 0. The summed E-state index contributed by atoms with van der Waals surface area (Å²) in [5.74, 6) is 0. The first-order valence-electron chi connectivity index (χ1n) is 7.07. The molecule has 0 amide bonds. The van der Waals surface area contributed by atoms with Gasteiger partial charge in [-0.25, -0.2) is 0 Å². The number of fused-ring (bicyclic) bond motifs is 1. The molecular formula is C17H20N2O2. The van der Waals surface area contributed by atoms with E-state index in [0.717, 1.165) is 23.8 Å². The van der Waals surface area contributed by atoms with Crippen LogP contribution < -0.4 is 5.73 Å². The van der Waals surface area contributed by atoms with Gasteiger partial charge in [-0.05, 0) is 23.1 Å². The molecule has 0 saturated heterocycles. The highest BCUT2D eigenvalue weighted by Gasteiger charge is 2.46. The molecule has 1 aromatic carbocycles. The van der Waals surface area contributed by atoms with Crippen LogP contribution in [0.5, 0.6) is 0 Å². The number of methoxy groups -OCH3 is 1. The predicted octanol–water partition coefficient (Wildman–Crippen LogP) is 2.77. The van der Waals surface area contributed by atoms with E-state index in [1.807, 2.05) is 12.3 Å². The molecular weight excluding hydrogens is 264 g/mol. The molecule has 21 heavy (non-hydrogen) atoms. The maximum absolute atomic E-state index is 5.93. The second-order valence-electron chi connectivity index (χ2n) is 5.62. The minimum absolute atomic E-state index is 0.179. The SMILES string of the molecule is C=C(N)C1(OC)CC(OCc2ccc3cnccc3c2)C1. The minimum Gasteiger partial charge on any atom is -0.400 e. The van der Waals surface area contributed by atoms with Crippen molar-refractivity contribution in [3.05, 3.63) is 54.5 Å². The zero-order chi connectivity index (χ0) is 14.9. The van der Waals surface area contributed by atoms with Gasteiger partial charge in [0.2, 0.25) is 0 Å². The Kier molecular flexibility index (Phi) is 3.66. The smallest absolute Gasteiger partial charge is 0.111 e. The normalized spacial score (nSPS) is 24.7. The van der Waals surface area contributed by atoms with Gasteiger partial charge in [0, 0.05) is 43.4 Å². The molecule has 1 aliphatic carbocycles. The van der Waals surface area contributed by atoms with Gasteiger partial charge in [0.25, 0.3) is 0 Å². The zero-order valence-corrected chi connectivity index (χ0v) is 12.2. The molecule has 0 aliphatic heterocycles. The fourth-order valence-corrected chi connectivity index (χ4v) is 2.79. The monoisotopic (exact) mass is 284 g/mol. The van der Waals surface area contributed by atoms with Gasteiger partial charge in [0.05, 0.1) is 12.7 Å². The average Bonchev–Trinajstić information content (AvgIpc) is 2.45. The van der Waals surface area contributed by atoms with Gasteiger partial charge in [-0.15, -0.1) is 0 Å². The molecule has 4 heteroatoms. The average molecular weight is 284 g/mol. The lowest BCUT2D eigenvalue weighted by atomic mass is 9.75. The van der Waals surface area contributed by atoms with Crippen LogP contribution in [0.25, 0.3) is 10.8 Å². The Morgan fingerprint density at radius 1 is 1.38 bits per heavy atom. The lowest BCUT2D eigenvalue weighted by Crippen LogP contribution is -2.52. The number of nitrogens with zero attached hydrogens (tertiary/aromatic N) is 1. The topological polar surface area (TPSA) is 57.4 Å². The van der Waals surface area contributed by atoms with E-state index in [0.29, 0.717) is 12.3 Å². The summed E-state index contributed by atoms with van der Waals surface area (Å²) in [6.07, 6.45) is 5.40. The minimum atomic E-state index is -0.389. The summed E-state index contributed by atoms with van der Waals surface area (Å²) in [6.45, 7) is 4.40. The van der Waals surface area contributed by atoms with Crippen molar-refractivity contribution in [1.29, 1.82) is 0 Å². The Morgan fingerprint density at radius 2 is 2.19 bits per heavy atom. The lowest BCUT2D eigenvalue weighted by molar-refractivity contribution is -0.141. The van der Waals surface area contributed by atoms with Crippen molar-refractivity contribution >= 4 is 10.8 Å². The third-order valence-electron chi connectivity index (χ3n) is 4.28. The highest BCUT2D eigenvalue weighted by molar-refractivity contribution is 5.81. The first-order valence-corrected chi connectivity index (χ1v) is 7.07. The molecule has 110 valence electrons. The number of hydrogen-bond donors (Lipinski definition) is 1. The molecule has 3 rings (SSSR count). The highest BCUT2D eigenvalue weighted by atomic mass is 16.5. The molecule has 1 saturated carbocycles. The summed E-state index contributed by atoms with van der Waals surface area (Å²) < 4.78 is 11.4. The second-order valence-corrected chi connectivity index (χ2v) is 5.62. The Labute approximate surface area is 124 Å². The molecule has 0 radical (unpaired) electrons. The molecule has 1 fully saturated rings. The molecule has 4 nitrogen and oxygen atoms in total. The maximum Gasteiger partial charge on any atom is 0.111 e. The van der Waals surface area contributed by atoms with Crippen molar-refractivity contribution in [3.8, 4) is 0 Å². The van der Waals surface area contributed by atoms with Crippen LogP contribution >= 0.6 is 0 Å². The van der Waals surface area contributed by atoms with E-state index >= 15 is 0 Å². The van der Waals surface area contributed by atoms with Crippen molar-refractivity contribution in [2.24, 2.45) is 5.73 Å². The number of ether oxygens (including phenoxy) is 2. The molecule has 0 spiro atoms. The van der Waals surface area contributed by atoms with Gasteiger partial charge in [-0.3, -0.25) is 4.98 Å². The molecule has 1 aliphatic rings. The predicted molar refractivity (Wildman–Crippen MR) is 82.6 cm³/mol. The molecule has 0 bridgehead atoms. The third-order valence-corrected chi connectivity index (χ3v) is 4.28. The van der Waals surface area contributed by atoms with Gasteiger partial charge in [0.15, 0.2) is 0 Å².